The molecule has 0 aliphatic heterocycles. The van der Waals surface area contributed by atoms with Gasteiger partial charge in [-0.2, -0.15) is 0 Å². The Hall–Kier alpha value is -2.60. The summed E-state index contributed by atoms with van der Waals surface area (Å²) in [7, 11) is 0. The van der Waals surface area contributed by atoms with Crippen molar-refractivity contribution in [2.24, 2.45) is 0 Å². The van der Waals surface area contributed by atoms with E-state index < -0.39 is 12.1 Å². The lowest BCUT2D eigenvalue weighted by Crippen LogP contribution is -2.26. The van der Waals surface area contributed by atoms with Crippen LogP contribution >= 0.6 is 0 Å². The number of rotatable bonds is 9. The first-order chi connectivity index (χ1) is 12.0. The zero-order valence-corrected chi connectivity index (χ0v) is 14.0. The highest BCUT2D eigenvalue weighted by molar-refractivity contribution is 5.74. The minimum absolute atomic E-state index is 0.128. The van der Waals surface area contributed by atoms with Crippen molar-refractivity contribution < 1.29 is 28.5 Å². The molecule has 2 rings (SSSR count). The van der Waals surface area contributed by atoms with Gasteiger partial charge >= 0.3 is 5.97 Å². The highest BCUT2D eigenvalue weighted by Crippen LogP contribution is 2.17. The van der Waals surface area contributed by atoms with Gasteiger partial charge in [-0.25, -0.2) is 9.18 Å². The third-order valence-electron chi connectivity index (χ3n) is 3.34. The van der Waals surface area contributed by atoms with Crippen LogP contribution in [0.2, 0.25) is 0 Å². The van der Waals surface area contributed by atoms with Crippen LogP contribution in [0.25, 0.3) is 0 Å². The van der Waals surface area contributed by atoms with E-state index in [0.29, 0.717) is 25.4 Å². The van der Waals surface area contributed by atoms with E-state index in [0.717, 1.165) is 5.56 Å². The molecule has 134 valence electrons. The summed E-state index contributed by atoms with van der Waals surface area (Å²) in [5.74, 6) is -0.140. The van der Waals surface area contributed by atoms with E-state index >= 15 is 0 Å². The number of hydrogen-bond acceptors (Lipinski definition) is 5. The fourth-order valence-electron chi connectivity index (χ4n) is 2.00. The molecule has 0 amide bonds. The first-order valence-corrected chi connectivity index (χ1v) is 7.99. The smallest absolute Gasteiger partial charge is 0.347 e. The number of hydrogen-bond donors (Lipinski definition) is 1. The molecule has 0 heterocycles. The Morgan fingerprint density at radius 2 is 1.76 bits per heavy atom. The van der Waals surface area contributed by atoms with E-state index in [9.17, 15) is 14.3 Å². The van der Waals surface area contributed by atoms with E-state index in [4.69, 9.17) is 14.2 Å². The summed E-state index contributed by atoms with van der Waals surface area (Å²) in [5.41, 5.74) is 0.884. The Balaban J connectivity index is 1.58. The summed E-state index contributed by atoms with van der Waals surface area (Å²) in [6.45, 7) is 2.64. The molecule has 0 aliphatic rings. The normalized spacial score (nSPS) is 11.8. The first-order valence-electron chi connectivity index (χ1n) is 7.99. The Labute approximate surface area is 146 Å². The molecule has 0 fully saturated rings. The van der Waals surface area contributed by atoms with E-state index in [1.54, 1.807) is 31.2 Å². The van der Waals surface area contributed by atoms with E-state index in [1.807, 2.05) is 0 Å². The number of phenolic OH excluding ortho intramolecular Hbond substituents is 1. The molecule has 6 heteroatoms. The predicted molar refractivity (Wildman–Crippen MR) is 89.8 cm³/mol. The van der Waals surface area contributed by atoms with Gasteiger partial charge < -0.3 is 19.3 Å². The van der Waals surface area contributed by atoms with Gasteiger partial charge in [0.25, 0.3) is 0 Å². The largest absolute Gasteiger partial charge is 0.508 e. The zero-order valence-electron chi connectivity index (χ0n) is 14.0. The topological polar surface area (TPSA) is 65.0 Å². The average Bonchev–Trinajstić information content (AvgIpc) is 2.61. The van der Waals surface area contributed by atoms with Crippen LogP contribution in [-0.2, 0) is 20.9 Å². The number of carbonyl (C=O) groups excluding carboxylic acids is 1. The van der Waals surface area contributed by atoms with Gasteiger partial charge in [0, 0.05) is 6.42 Å². The van der Waals surface area contributed by atoms with Crippen LogP contribution in [-0.4, -0.2) is 30.4 Å². The number of carbonyl (C=O) groups is 1. The minimum atomic E-state index is -0.746. The molecule has 0 spiro atoms. The number of phenols is 1. The van der Waals surface area contributed by atoms with Crippen molar-refractivity contribution in [2.45, 2.75) is 26.1 Å². The van der Waals surface area contributed by atoms with Crippen molar-refractivity contribution in [2.75, 3.05) is 13.2 Å². The van der Waals surface area contributed by atoms with Crippen LogP contribution in [0.1, 0.15) is 18.9 Å². The summed E-state index contributed by atoms with van der Waals surface area (Å²) >= 11 is 0. The van der Waals surface area contributed by atoms with Crippen LogP contribution in [0.3, 0.4) is 0 Å². The highest BCUT2D eigenvalue weighted by Gasteiger charge is 2.16. The summed E-state index contributed by atoms with van der Waals surface area (Å²) in [6, 6.07) is 12.2. The van der Waals surface area contributed by atoms with E-state index in [2.05, 4.69) is 0 Å². The maximum Gasteiger partial charge on any atom is 0.347 e. The summed E-state index contributed by atoms with van der Waals surface area (Å²) in [6.07, 6.45) is -0.191. The van der Waals surface area contributed by atoms with Gasteiger partial charge in [0.2, 0.25) is 0 Å². The highest BCUT2D eigenvalue weighted by atomic mass is 19.1. The van der Waals surface area contributed by atoms with Crippen LogP contribution in [0.5, 0.6) is 11.5 Å². The molecular formula is C19H21FO5. The molecule has 5 nitrogen and oxygen atoms in total. The monoisotopic (exact) mass is 348 g/mol. The second kappa shape index (κ2) is 9.64. The minimum Gasteiger partial charge on any atom is -0.508 e. The fourth-order valence-corrected chi connectivity index (χ4v) is 2.00. The van der Waals surface area contributed by atoms with E-state index in [1.165, 1.54) is 24.3 Å². The zero-order chi connectivity index (χ0) is 18.1. The molecule has 0 aliphatic carbocycles. The Morgan fingerprint density at radius 3 is 2.44 bits per heavy atom. The molecule has 1 atom stereocenters. The molecule has 1 unspecified atom stereocenters. The quantitative estimate of drug-likeness (QED) is 0.555. The van der Waals surface area contributed by atoms with Gasteiger partial charge in [0.15, 0.2) is 6.10 Å². The molecule has 25 heavy (non-hydrogen) atoms. The standard InChI is InChI=1S/C19H21FO5/c1-14(25-18-9-7-17(21)8-10-18)19(22)24-12-2-11-23-13-15-3-5-16(20)6-4-15/h3-10,14,21H,2,11-13H2,1H3. The summed E-state index contributed by atoms with van der Waals surface area (Å²) in [5, 5.41) is 9.20. The molecular weight excluding hydrogens is 327 g/mol. The molecule has 0 saturated carbocycles. The van der Waals surface area contributed by atoms with Crippen molar-refractivity contribution in [1.29, 1.82) is 0 Å². The van der Waals surface area contributed by atoms with Crippen LogP contribution < -0.4 is 4.74 Å². The number of ether oxygens (including phenoxy) is 3. The van der Waals surface area contributed by atoms with Crippen molar-refractivity contribution in [3.05, 3.63) is 59.9 Å². The number of aromatic hydroxyl groups is 1. The van der Waals surface area contributed by atoms with Gasteiger partial charge in [-0.1, -0.05) is 12.1 Å². The van der Waals surface area contributed by atoms with Gasteiger partial charge in [-0.15, -0.1) is 0 Å². The van der Waals surface area contributed by atoms with E-state index in [-0.39, 0.29) is 18.2 Å². The molecule has 2 aromatic rings. The first kappa shape index (κ1) is 18.7. The molecule has 2 aromatic carbocycles. The molecule has 0 bridgehead atoms. The lowest BCUT2D eigenvalue weighted by Gasteiger charge is -2.14. The van der Waals surface area contributed by atoms with Crippen LogP contribution in [0.4, 0.5) is 4.39 Å². The van der Waals surface area contributed by atoms with Crippen LogP contribution in [0, 0.1) is 5.82 Å². The third kappa shape index (κ3) is 6.81. The summed E-state index contributed by atoms with van der Waals surface area (Å²) in [4.78, 5) is 11.8. The molecule has 0 radical (unpaired) electrons. The number of halogens is 1. The van der Waals surface area contributed by atoms with Gasteiger partial charge in [0.1, 0.15) is 17.3 Å². The second-order valence-electron chi connectivity index (χ2n) is 5.45. The Bertz CT molecular complexity index is 655. The van der Waals surface area contributed by atoms with Crippen molar-refractivity contribution in [3.63, 3.8) is 0 Å². The number of benzene rings is 2. The van der Waals surface area contributed by atoms with Crippen LogP contribution in [0.15, 0.2) is 48.5 Å². The molecule has 0 saturated heterocycles. The SMILES string of the molecule is CC(Oc1ccc(O)cc1)C(=O)OCCCOCc1ccc(F)cc1. The number of esters is 1. The van der Waals surface area contributed by atoms with Gasteiger partial charge in [-0.3, -0.25) is 0 Å². The lowest BCUT2D eigenvalue weighted by molar-refractivity contribution is -0.151. The van der Waals surface area contributed by atoms with Gasteiger partial charge in [-0.05, 0) is 48.9 Å². The maximum atomic E-state index is 12.8. The Morgan fingerprint density at radius 1 is 1.08 bits per heavy atom. The lowest BCUT2D eigenvalue weighted by atomic mass is 10.2. The van der Waals surface area contributed by atoms with Crippen molar-refractivity contribution in [1.82, 2.24) is 0 Å². The van der Waals surface area contributed by atoms with Crippen molar-refractivity contribution >= 4 is 5.97 Å². The van der Waals surface area contributed by atoms with Crippen molar-refractivity contribution in [3.8, 4) is 11.5 Å². The third-order valence-corrected chi connectivity index (χ3v) is 3.34. The Kier molecular flexibility index (Phi) is 7.22. The molecule has 0 aromatic heterocycles. The maximum absolute atomic E-state index is 12.8. The molecule has 1 N–H and O–H groups in total. The van der Waals surface area contributed by atoms with Gasteiger partial charge in [0.05, 0.1) is 19.8 Å². The average molecular weight is 348 g/mol. The summed E-state index contributed by atoms with van der Waals surface area (Å²) < 4.78 is 28.8. The predicted octanol–water partition coefficient (Wildman–Crippen LogP) is 3.45. The fraction of sp³-hybridized carbons (Fsp3) is 0.316. The second-order valence-corrected chi connectivity index (χ2v) is 5.45.